The number of nitrogens with zero attached hydrogens (tertiary/aromatic N) is 2. The number of aromatic nitrogens is 3. The van der Waals surface area contributed by atoms with Crippen molar-refractivity contribution in [3.05, 3.63) is 33.0 Å². The Kier molecular flexibility index (Phi) is 3.54. The lowest BCUT2D eigenvalue weighted by Crippen LogP contribution is -2.26. The van der Waals surface area contributed by atoms with Gasteiger partial charge in [-0.05, 0) is 6.92 Å². The van der Waals surface area contributed by atoms with Crippen LogP contribution in [0.4, 0.5) is 0 Å². The van der Waals surface area contributed by atoms with E-state index in [4.69, 9.17) is 0 Å². The van der Waals surface area contributed by atoms with Crippen LogP contribution >= 0.6 is 11.3 Å². The van der Waals surface area contributed by atoms with Crippen molar-refractivity contribution in [3.8, 4) is 0 Å². The molecule has 1 amide bonds. The molecule has 9 heteroatoms. The van der Waals surface area contributed by atoms with E-state index in [2.05, 4.69) is 20.5 Å². The van der Waals surface area contributed by atoms with Crippen molar-refractivity contribution in [2.75, 3.05) is 5.75 Å². The molecule has 0 radical (unpaired) electrons. The van der Waals surface area contributed by atoms with E-state index in [1.54, 1.807) is 6.20 Å². The van der Waals surface area contributed by atoms with Gasteiger partial charge in [-0.25, -0.2) is 13.4 Å². The SMILES string of the molecule is Cc1ncc(CNC(=O)c2n[nH]c3c2CS(=O)(=O)CC3)s1. The third kappa shape index (κ3) is 2.98. The van der Waals surface area contributed by atoms with Crippen LogP contribution in [-0.2, 0) is 28.6 Å². The van der Waals surface area contributed by atoms with Crippen molar-refractivity contribution < 1.29 is 13.2 Å². The monoisotopic (exact) mass is 326 g/mol. The first kappa shape index (κ1) is 14.2. The van der Waals surface area contributed by atoms with Crippen LogP contribution in [0.25, 0.3) is 0 Å². The van der Waals surface area contributed by atoms with Crippen molar-refractivity contribution in [1.29, 1.82) is 0 Å². The van der Waals surface area contributed by atoms with Crippen molar-refractivity contribution in [2.45, 2.75) is 25.6 Å². The van der Waals surface area contributed by atoms with Crippen LogP contribution in [0.5, 0.6) is 0 Å². The van der Waals surface area contributed by atoms with E-state index in [0.29, 0.717) is 18.5 Å². The fourth-order valence-electron chi connectivity index (χ4n) is 2.24. The minimum absolute atomic E-state index is 0.101. The normalized spacial score (nSPS) is 16.4. The van der Waals surface area contributed by atoms with Crippen LogP contribution < -0.4 is 5.32 Å². The second-order valence-electron chi connectivity index (χ2n) is 4.90. The summed E-state index contributed by atoms with van der Waals surface area (Å²) in [4.78, 5) is 17.2. The molecule has 0 fully saturated rings. The molecule has 3 rings (SSSR count). The fourth-order valence-corrected chi connectivity index (χ4v) is 4.38. The number of amides is 1. The van der Waals surface area contributed by atoms with E-state index >= 15 is 0 Å². The van der Waals surface area contributed by atoms with Crippen LogP contribution in [0, 0.1) is 6.92 Å². The second kappa shape index (κ2) is 5.23. The Labute approximate surface area is 125 Å². The van der Waals surface area contributed by atoms with Crippen LogP contribution in [-0.4, -0.2) is 35.3 Å². The molecule has 7 nitrogen and oxygen atoms in total. The first-order valence-corrected chi connectivity index (χ1v) is 9.04. The summed E-state index contributed by atoms with van der Waals surface area (Å²) in [6.45, 7) is 2.25. The number of hydrogen-bond donors (Lipinski definition) is 2. The number of aryl methyl sites for hydroxylation is 2. The maximum Gasteiger partial charge on any atom is 0.272 e. The number of thiazole rings is 1. The van der Waals surface area contributed by atoms with Gasteiger partial charge in [-0.15, -0.1) is 11.3 Å². The van der Waals surface area contributed by atoms with Gasteiger partial charge in [0.25, 0.3) is 5.91 Å². The van der Waals surface area contributed by atoms with E-state index in [9.17, 15) is 13.2 Å². The third-order valence-corrected chi connectivity index (χ3v) is 5.75. The maximum absolute atomic E-state index is 12.2. The number of sulfone groups is 1. The summed E-state index contributed by atoms with van der Waals surface area (Å²) in [6, 6.07) is 0. The molecular weight excluding hydrogens is 312 g/mol. The average Bonchev–Trinajstić information content (AvgIpc) is 3.01. The van der Waals surface area contributed by atoms with Gasteiger partial charge in [0.2, 0.25) is 0 Å². The zero-order chi connectivity index (χ0) is 15.0. The van der Waals surface area contributed by atoms with Gasteiger partial charge in [-0.2, -0.15) is 5.10 Å². The van der Waals surface area contributed by atoms with Gasteiger partial charge in [0, 0.05) is 28.8 Å². The van der Waals surface area contributed by atoms with Gasteiger partial charge in [-0.1, -0.05) is 0 Å². The number of carbonyl (C=O) groups excluding carboxylic acids is 1. The van der Waals surface area contributed by atoms with Crippen LogP contribution in [0.3, 0.4) is 0 Å². The van der Waals surface area contributed by atoms with Gasteiger partial charge in [-0.3, -0.25) is 9.89 Å². The van der Waals surface area contributed by atoms with E-state index in [1.807, 2.05) is 6.92 Å². The smallest absolute Gasteiger partial charge is 0.272 e. The molecular formula is C12H14N4O3S2. The van der Waals surface area contributed by atoms with Gasteiger partial charge >= 0.3 is 0 Å². The predicted octanol–water partition coefficient (Wildman–Crippen LogP) is 0.576. The van der Waals surface area contributed by atoms with Crippen LogP contribution in [0.1, 0.15) is 31.6 Å². The highest BCUT2D eigenvalue weighted by Gasteiger charge is 2.28. The summed E-state index contributed by atoms with van der Waals surface area (Å²) in [6.07, 6.45) is 2.09. The molecule has 0 aromatic carbocycles. The number of carbonyl (C=O) groups is 1. The second-order valence-corrected chi connectivity index (χ2v) is 8.40. The molecule has 2 aromatic heterocycles. The number of fused-ring (bicyclic) bond motifs is 1. The molecule has 0 saturated carbocycles. The quantitative estimate of drug-likeness (QED) is 0.858. The largest absolute Gasteiger partial charge is 0.346 e. The molecule has 1 aliphatic heterocycles. The van der Waals surface area contributed by atoms with Gasteiger partial charge in [0.15, 0.2) is 15.5 Å². The standard InChI is InChI=1S/C12H14N4O3S2/c1-7-13-4-8(20-7)5-14-12(17)11-9-6-21(18,19)3-2-10(9)15-16-11/h4H,2-3,5-6H2,1H3,(H,14,17)(H,15,16). The van der Waals surface area contributed by atoms with Gasteiger partial charge in [0.1, 0.15) is 0 Å². The Balaban J connectivity index is 1.75. The molecule has 1 aliphatic rings. The van der Waals surface area contributed by atoms with E-state index < -0.39 is 9.84 Å². The van der Waals surface area contributed by atoms with Crippen molar-refractivity contribution in [1.82, 2.24) is 20.5 Å². The number of hydrogen-bond acceptors (Lipinski definition) is 6. The van der Waals surface area contributed by atoms with Crippen molar-refractivity contribution >= 4 is 27.1 Å². The Morgan fingerprint density at radius 2 is 2.33 bits per heavy atom. The number of nitrogens with one attached hydrogen (secondary N) is 2. The van der Waals surface area contributed by atoms with E-state index in [-0.39, 0.29) is 23.1 Å². The zero-order valence-electron chi connectivity index (χ0n) is 11.3. The Morgan fingerprint density at radius 3 is 3.05 bits per heavy atom. The van der Waals surface area contributed by atoms with E-state index in [0.717, 1.165) is 15.6 Å². The maximum atomic E-state index is 12.2. The summed E-state index contributed by atoms with van der Waals surface area (Å²) in [5.74, 6) is -0.388. The molecule has 2 N–H and O–H groups in total. The van der Waals surface area contributed by atoms with Crippen molar-refractivity contribution in [2.24, 2.45) is 0 Å². The van der Waals surface area contributed by atoms with Crippen LogP contribution in [0.15, 0.2) is 6.20 Å². The zero-order valence-corrected chi connectivity index (χ0v) is 13.0. The Morgan fingerprint density at radius 1 is 1.52 bits per heavy atom. The first-order chi connectivity index (χ1) is 9.94. The number of H-pyrrole nitrogens is 1. The molecule has 0 aliphatic carbocycles. The lowest BCUT2D eigenvalue weighted by molar-refractivity contribution is 0.0945. The van der Waals surface area contributed by atoms with Crippen LogP contribution in [0.2, 0.25) is 0 Å². The molecule has 21 heavy (non-hydrogen) atoms. The molecule has 0 unspecified atom stereocenters. The minimum Gasteiger partial charge on any atom is -0.346 e. The Bertz CT molecular complexity index is 791. The molecule has 0 atom stereocenters. The highest BCUT2D eigenvalue weighted by molar-refractivity contribution is 7.90. The van der Waals surface area contributed by atoms with Gasteiger partial charge < -0.3 is 5.32 Å². The number of rotatable bonds is 3. The number of aromatic amines is 1. The molecule has 3 heterocycles. The molecule has 0 bridgehead atoms. The minimum atomic E-state index is -3.13. The molecule has 0 saturated heterocycles. The molecule has 0 spiro atoms. The van der Waals surface area contributed by atoms with E-state index in [1.165, 1.54) is 11.3 Å². The summed E-state index contributed by atoms with van der Waals surface area (Å²) in [7, 11) is -3.13. The lowest BCUT2D eigenvalue weighted by Gasteiger charge is -2.12. The summed E-state index contributed by atoms with van der Waals surface area (Å²) >= 11 is 1.51. The first-order valence-electron chi connectivity index (χ1n) is 6.40. The lowest BCUT2D eigenvalue weighted by atomic mass is 10.1. The molecule has 112 valence electrons. The Hall–Kier alpha value is -1.74. The summed E-state index contributed by atoms with van der Waals surface area (Å²) in [5.41, 5.74) is 1.41. The molecule has 2 aromatic rings. The summed E-state index contributed by atoms with van der Waals surface area (Å²) in [5, 5.41) is 10.4. The summed E-state index contributed by atoms with van der Waals surface area (Å²) < 4.78 is 23.4. The highest BCUT2D eigenvalue weighted by Crippen LogP contribution is 2.22. The highest BCUT2D eigenvalue weighted by atomic mass is 32.2. The van der Waals surface area contributed by atoms with Gasteiger partial charge in [0.05, 0.1) is 23.1 Å². The van der Waals surface area contributed by atoms with Crippen molar-refractivity contribution in [3.63, 3.8) is 0 Å². The third-order valence-electron chi connectivity index (χ3n) is 3.29. The predicted molar refractivity (Wildman–Crippen MR) is 77.8 cm³/mol. The average molecular weight is 326 g/mol. The topological polar surface area (TPSA) is 105 Å². The fraction of sp³-hybridized carbons (Fsp3) is 0.417.